The Balaban J connectivity index is 2.04. The minimum Gasteiger partial charge on any atom is -0.479 e. The molecule has 0 saturated carbocycles. The van der Waals surface area contributed by atoms with Crippen molar-refractivity contribution in [3.63, 3.8) is 0 Å². The van der Waals surface area contributed by atoms with Crippen LogP contribution < -0.4 is 5.32 Å². The third-order valence-electron chi connectivity index (χ3n) is 3.27. The lowest BCUT2D eigenvalue weighted by molar-refractivity contribution is -0.142. The summed E-state index contributed by atoms with van der Waals surface area (Å²) in [5.74, 6) is -1.15. The van der Waals surface area contributed by atoms with Gasteiger partial charge in [-0.25, -0.2) is 4.79 Å². The molecule has 1 amide bonds. The molecule has 108 valence electrons. The van der Waals surface area contributed by atoms with Gasteiger partial charge >= 0.3 is 5.97 Å². The molecule has 1 aliphatic rings. The molecule has 2 unspecified atom stereocenters. The summed E-state index contributed by atoms with van der Waals surface area (Å²) in [5, 5.41) is 11.9. The summed E-state index contributed by atoms with van der Waals surface area (Å²) in [6.45, 7) is 1.24. The van der Waals surface area contributed by atoms with Gasteiger partial charge in [-0.05, 0) is 24.0 Å². The number of hydrogen-bond acceptors (Lipinski definition) is 3. The molecule has 1 aliphatic heterocycles. The van der Waals surface area contributed by atoms with E-state index in [1.54, 1.807) is 24.3 Å². The van der Waals surface area contributed by atoms with Crippen LogP contribution in [0.3, 0.4) is 0 Å². The summed E-state index contributed by atoms with van der Waals surface area (Å²) < 4.78 is 5.87. The normalized spacial score (nSPS) is 19.6. The fraction of sp³-hybridized carbons (Fsp3) is 0.429. The topological polar surface area (TPSA) is 75.6 Å². The molecule has 1 aromatic rings. The van der Waals surface area contributed by atoms with Crippen LogP contribution in [0.1, 0.15) is 24.4 Å². The highest BCUT2D eigenvalue weighted by Crippen LogP contribution is 2.24. The standard InChI is InChI=1S/C14H16BrNO4/c15-11-4-2-1-3-10(11)13(14(18)19)16-12(17)7-9-5-6-20-8-9/h1-4,9,13H,5-8H2,(H,16,17)(H,18,19). The first-order valence-electron chi connectivity index (χ1n) is 6.42. The maximum absolute atomic E-state index is 12.0. The summed E-state index contributed by atoms with van der Waals surface area (Å²) in [4.78, 5) is 23.3. The van der Waals surface area contributed by atoms with Crippen molar-refractivity contribution in [3.05, 3.63) is 34.3 Å². The summed E-state index contributed by atoms with van der Waals surface area (Å²) in [6.07, 6.45) is 1.15. The molecular weight excluding hydrogens is 326 g/mol. The molecule has 5 nitrogen and oxygen atoms in total. The second-order valence-electron chi connectivity index (χ2n) is 4.79. The highest BCUT2D eigenvalue weighted by molar-refractivity contribution is 9.10. The van der Waals surface area contributed by atoms with Crippen molar-refractivity contribution in [2.75, 3.05) is 13.2 Å². The highest BCUT2D eigenvalue weighted by Gasteiger charge is 2.26. The van der Waals surface area contributed by atoms with Crippen LogP contribution in [0.2, 0.25) is 0 Å². The van der Waals surface area contributed by atoms with Crippen LogP contribution in [0.25, 0.3) is 0 Å². The second kappa shape index (κ2) is 6.85. The van der Waals surface area contributed by atoms with Gasteiger partial charge in [0.25, 0.3) is 0 Å². The predicted molar refractivity (Wildman–Crippen MR) is 76.2 cm³/mol. The van der Waals surface area contributed by atoms with Gasteiger partial charge in [0.15, 0.2) is 6.04 Å². The third-order valence-corrected chi connectivity index (χ3v) is 3.99. The van der Waals surface area contributed by atoms with Crippen LogP contribution in [0.5, 0.6) is 0 Å². The lowest BCUT2D eigenvalue weighted by Crippen LogP contribution is -2.35. The van der Waals surface area contributed by atoms with E-state index < -0.39 is 12.0 Å². The first-order valence-corrected chi connectivity index (χ1v) is 7.21. The maximum atomic E-state index is 12.0. The summed E-state index contributed by atoms with van der Waals surface area (Å²) >= 11 is 3.31. The number of benzene rings is 1. The molecule has 1 aromatic carbocycles. The Morgan fingerprint density at radius 1 is 1.45 bits per heavy atom. The number of amides is 1. The fourth-order valence-electron chi connectivity index (χ4n) is 2.21. The second-order valence-corrected chi connectivity index (χ2v) is 5.65. The lowest BCUT2D eigenvalue weighted by atomic mass is 10.0. The van der Waals surface area contributed by atoms with Crippen molar-refractivity contribution >= 4 is 27.8 Å². The fourth-order valence-corrected chi connectivity index (χ4v) is 2.72. The number of rotatable bonds is 5. The molecule has 0 aliphatic carbocycles. The molecular formula is C14H16BrNO4. The summed E-state index contributed by atoms with van der Waals surface area (Å²) in [6, 6.07) is 5.93. The zero-order valence-corrected chi connectivity index (χ0v) is 12.4. The monoisotopic (exact) mass is 341 g/mol. The number of aliphatic carboxylic acids is 1. The van der Waals surface area contributed by atoms with Crippen LogP contribution in [-0.2, 0) is 14.3 Å². The number of carbonyl (C=O) groups is 2. The molecule has 0 bridgehead atoms. The molecule has 1 saturated heterocycles. The molecule has 1 heterocycles. The Labute approximate surface area is 125 Å². The number of halogens is 1. The van der Waals surface area contributed by atoms with Gasteiger partial charge in [-0.1, -0.05) is 34.1 Å². The smallest absolute Gasteiger partial charge is 0.330 e. The van der Waals surface area contributed by atoms with E-state index in [4.69, 9.17) is 4.74 Å². The van der Waals surface area contributed by atoms with Gasteiger partial charge in [-0.2, -0.15) is 0 Å². The SMILES string of the molecule is O=C(CC1CCOC1)NC(C(=O)O)c1ccccc1Br. The van der Waals surface area contributed by atoms with Crippen molar-refractivity contribution < 1.29 is 19.4 Å². The molecule has 20 heavy (non-hydrogen) atoms. The van der Waals surface area contributed by atoms with E-state index in [0.717, 1.165) is 6.42 Å². The van der Waals surface area contributed by atoms with Gasteiger partial charge in [-0.15, -0.1) is 0 Å². The van der Waals surface area contributed by atoms with E-state index in [9.17, 15) is 14.7 Å². The van der Waals surface area contributed by atoms with E-state index in [1.165, 1.54) is 0 Å². The van der Waals surface area contributed by atoms with Gasteiger partial charge < -0.3 is 15.2 Å². The molecule has 2 rings (SSSR count). The van der Waals surface area contributed by atoms with Crippen LogP contribution in [0.4, 0.5) is 0 Å². The Kier molecular flexibility index (Phi) is 5.14. The van der Waals surface area contributed by atoms with Gasteiger partial charge in [0.1, 0.15) is 0 Å². The van der Waals surface area contributed by atoms with Crippen LogP contribution in [0.15, 0.2) is 28.7 Å². The zero-order valence-electron chi connectivity index (χ0n) is 10.8. The Morgan fingerprint density at radius 3 is 2.80 bits per heavy atom. The van der Waals surface area contributed by atoms with E-state index in [0.29, 0.717) is 29.7 Å². The molecule has 0 aromatic heterocycles. The van der Waals surface area contributed by atoms with Crippen LogP contribution in [-0.4, -0.2) is 30.2 Å². The van der Waals surface area contributed by atoms with Crippen LogP contribution >= 0.6 is 15.9 Å². The average molecular weight is 342 g/mol. The quantitative estimate of drug-likeness (QED) is 0.860. The molecule has 1 fully saturated rings. The predicted octanol–water partition coefficient (Wildman–Crippen LogP) is 2.12. The molecule has 6 heteroatoms. The number of carbonyl (C=O) groups excluding carboxylic acids is 1. The first kappa shape index (κ1) is 15.0. The highest BCUT2D eigenvalue weighted by atomic mass is 79.9. The lowest BCUT2D eigenvalue weighted by Gasteiger charge is -2.17. The molecule has 2 N–H and O–H groups in total. The Morgan fingerprint density at radius 2 is 2.20 bits per heavy atom. The van der Waals surface area contributed by atoms with E-state index in [1.807, 2.05) is 0 Å². The van der Waals surface area contributed by atoms with Gasteiger partial charge in [-0.3, -0.25) is 4.79 Å². The van der Waals surface area contributed by atoms with E-state index >= 15 is 0 Å². The number of nitrogens with one attached hydrogen (secondary N) is 1. The van der Waals surface area contributed by atoms with Gasteiger partial charge in [0.2, 0.25) is 5.91 Å². The van der Waals surface area contributed by atoms with Crippen molar-refractivity contribution in [3.8, 4) is 0 Å². The molecule has 2 atom stereocenters. The van der Waals surface area contributed by atoms with Crippen molar-refractivity contribution in [2.24, 2.45) is 5.92 Å². The van der Waals surface area contributed by atoms with Crippen molar-refractivity contribution in [2.45, 2.75) is 18.9 Å². The molecule has 0 spiro atoms. The summed E-state index contributed by atoms with van der Waals surface area (Å²) in [5.41, 5.74) is 0.538. The Bertz CT molecular complexity index is 500. The van der Waals surface area contributed by atoms with Crippen molar-refractivity contribution in [1.29, 1.82) is 0 Å². The number of carboxylic acid groups (broad SMARTS) is 1. The first-order chi connectivity index (χ1) is 9.58. The number of ether oxygens (including phenoxy) is 1. The third kappa shape index (κ3) is 3.80. The van der Waals surface area contributed by atoms with Crippen LogP contribution in [0, 0.1) is 5.92 Å². The largest absolute Gasteiger partial charge is 0.479 e. The minimum atomic E-state index is -1.08. The average Bonchev–Trinajstić information content (AvgIpc) is 2.89. The van der Waals surface area contributed by atoms with Gasteiger partial charge in [0.05, 0.1) is 0 Å². The Hall–Kier alpha value is -1.40. The van der Waals surface area contributed by atoms with E-state index in [2.05, 4.69) is 21.2 Å². The molecule has 0 radical (unpaired) electrons. The van der Waals surface area contributed by atoms with Gasteiger partial charge in [0, 0.05) is 24.1 Å². The van der Waals surface area contributed by atoms with Crippen molar-refractivity contribution in [1.82, 2.24) is 5.32 Å². The number of carboxylic acids is 1. The number of hydrogen-bond donors (Lipinski definition) is 2. The van der Waals surface area contributed by atoms with E-state index in [-0.39, 0.29) is 11.8 Å². The minimum absolute atomic E-state index is 0.184. The summed E-state index contributed by atoms with van der Waals surface area (Å²) in [7, 11) is 0. The maximum Gasteiger partial charge on any atom is 0.330 e. The zero-order chi connectivity index (χ0) is 14.5.